The molecule has 0 atom stereocenters. The first-order valence-corrected chi connectivity index (χ1v) is 7.98. The van der Waals surface area contributed by atoms with E-state index in [-0.39, 0.29) is 4.90 Å². The fraction of sp³-hybridized carbons (Fsp3) is 0.0625. The lowest BCUT2D eigenvalue weighted by Gasteiger charge is -2.12. The highest BCUT2D eigenvalue weighted by Gasteiger charge is 2.16. The number of hydrogen-bond acceptors (Lipinski definition) is 3. The van der Waals surface area contributed by atoms with Gasteiger partial charge in [-0.3, -0.25) is 9.71 Å². The van der Waals surface area contributed by atoms with Crippen LogP contribution >= 0.6 is 0 Å². The molecule has 5 heteroatoms. The number of anilines is 1. The highest BCUT2D eigenvalue weighted by atomic mass is 32.2. The largest absolute Gasteiger partial charge is 0.277 e. The van der Waals surface area contributed by atoms with Crippen LogP contribution < -0.4 is 4.72 Å². The summed E-state index contributed by atoms with van der Waals surface area (Å²) in [5.74, 6) is 0. The molecule has 0 radical (unpaired) electrons. The summed E-state index contributed by atoms with van der Waals surface area (Å²) in [4.78, 5) is 4.53. The molecule has 1 N–H and O–H groups in total. The number of nitrogens with zero attached hydrogens (tertiary/aromatic N) is 1. The topological polar surface area (TPSA) is 59.1 Å². The first kappa shape index (κ1) is 13.6. The molecule has 0 spiro atoms. The molecule has 0 aliphatic heterocycles. The van der Waals surface area contributed by atoms with E-state index < -0.39 is 10.0 Å². The molecule has 21 heavy (non-hydrogen) atoms. The molecule has 0 bridgehead atoms. The smallest absolute Gasteiger partial charge is 0.261 e. The molecule has 0 saturated heterocycles. The predicted molar refractivity (Wildman–Crippen MR) is 83.7 cm³/mol. The van der Waals surface area contributed by atoms with Crippen molar-refractivity contribution in [1.82, 2.24) is 4.98 Å². The van der Waals surface area contributed by atoms with Gasteiger partial charge in [-0.05, 0) is 30.7 Å². The molecule has 0 aliphatic carbocycles. The molecule has 3 rings (SSSR count). The summed E-state index contributed by atoms with van der Waals surface area (Å²) in [6, 6.07) is 15.8. The van der Waals surface area contributed by atoms with Crippen LogP contribution in [0.1, 0.15) is 5.56 Å². The van der Waals surface area contributed by atoms with E-state index in [1.165, 1.54) is 0 Å². The second-order valence-corrected chi connectivity index (χ2v) is 6.43. The van der Waals surface area contributed by atoms with Gasteiger partial charge >= 0.3 is 0 Å². The van der Waals surface area contributed by atoms with Crippen LogP contribution in [0.2, 0.25) is 0 Å². The maximum absolute atomic E-state index is 12.5. The highest BCUT2D eigenvalue weighted by molar-refractivity contribution is 7.92. The van der Waals surface area contributed by atoms with E-state index in [4.69, 9.17) is 0 Å². The fourth-order valence-electron chi connectivity index (χ4n) is 2.17. The Labute approximate surface area is 123 Å². The Bertz CT molecular complexity index is 891. The lowest BCUT2D eigenvalue weighted by atomic mass is 10.1. The van der Waals surface area contributed by atoms with Crippen LogP contribution in [0.15, 0.2) is 65.7 Å². The Morgan fingerprint density at radius 1 is 0.952 bits per heavy atom. The summed E-state index contributed by atoms with van der Waals surface area (Å²) < 4.78 is 27.6. The molecular weight excluding hydrogens is 284 g/mol. The number of nitrogens with one attached hydrogen (secondary N) is 1. The molecule has 1 aromatic heterocycles. The molecule has 1 heterocycles. The molecule has 4 nitrogen and oxygen atoms in total. The highest BCUT2D eigenvalue weighted by Crippen LogP contribution is 2.27. The molecule has 0 fully saturated rings. The van der Waals surface area contributed by atoms with Gasteiger partial charge in [0.15, 0.2) is 0 Å². The minimum Gasteiger partial charge on any atom is -0.277 e. The summed E-state index contributed by atoms with van der Waals surface area (Å²) in [6.07, 6.45) is 1.65. The van der Waals surface area contributed by atoms with Crippen LogP contribution in [-0.4, -0.2) is 13.4 Å². The number of sulfonamides is 1. The van der Waals surface area contributed by atoms with Crippen LogP contribution in [0, 0.1) is 6.92 Å². The van der Waals surface area contributed by atoms with Gasteiger partial charge in [0.2, 0.25) is 0 Å². The monoisotopic (exact) mass is 298 g/mol. The lowest BCUT2D eigenvalue weighted by Crippen LogP contribution is -2.14. The van der Waals surface area contributed by atoms with Gasteiger partial charge in [0.05, 0.1) is 16.1 Å². The summed E-state index contributed by atoms with van der Waals surface area (Å²) in [6.45, 7) is 1.86. The van der Waals surface area contributed by atoms with Crippen molar-refractivity contribution in [3.05, 3.63) is 66.4 Å². The fourth-order valence-corrected chi connectivity index (χ4v) is 3.33. The Hall–Kier alpha value is -2.40. The van der Waals surface area contributed by atoms with Gasteiger partial charge in [0.1, 0.15) is 0 Å². The Balaban J connectivity index is 2.12. The third-order valence-corrected chi connectivity index (χ3v) is 4.64. The number of aromatic nitrogens is 1. The zero-order chi connectivity index (χ0) is 14.9. The minimum atomic E-state index is -3.62. The van der Waals surface area contributed by atoms with E-state index in [1.807, 2.05) is 31.2 Å². The number of fused-ring (bicyclic) bond motifs is 1. The van der Waals surface area contributed by atoms with Gasteiger partial charge in [0.25, 0.3) is 10.0 Å². The molecule has 0 aliphatic rings. The normalized spacial score (nSPS) is 11.5. The molecule has 0 amide bonds. The number of pyridine rings is 1. The number of rotatable bonds is 3. The van der Waals surface area contributed by atoms with E-state index in [0.29, 0.717) is 11.2 Å². The van der Waals surface area contributed by atoms with Crippen molar-refractivity contribution in [3.8, 4) is 0 Å². The Morgan fingerprint density at radius 3 is 2.48 bits per heavy atom. The standard InChI is InChI=1S/C16H14N2O2S/c1-12-9-10-13-6-5-11-17-16(13)15(12)18-21(19,20)14-7-3-2-4-8-14/h2-11,18H,1H3. The van der Waals surface area contributed by atoms with E-state index in [2.05, 4.69) is 9.71 Å². The van der Waals surface area contributed by atoms with Gasteiger partial charge in [-0.1, -0.05) is 36.4 Å². The van der Waals surface area contributed by atoms with Crippen LogP contribution in [0.5, 0.6) is 0 Å². The summed E-state index contributed by atoms with van der Waals surface area (Å²) in [5.41, 5.74) is 2.01. The van der Waals surface area contributed by atoms with E-state index in [1.54, 1.807) is 36.5 Å². The molecule has 2 aromatic carbocycles. The second-order valence-electron chi connectivity index (χ2n) is 4.75. The molecule has 3 aromatic rings. The van der Waals surface area contributed by atoms with E-state index >= 15 is 0 Å². The maximum Gasteiger partial charge on any atom is 0.261 e. The number of aryl methyl sites for hydroxylation is 1. The van der Waals surface area contributed by atoms with Crippen LogP contribution in [0.3, 0.4) is 0 Å². The van der Waals surface area contributed by atoms with Gasteiger partial charge in [-0.2, -0.15) is 0 Å². The van der Waals surface area contributed by atoms with Crippen LogP contribution in [0.25, 0.3) is 10.9 Å². The molecule has 106 valence electrons. The van der Waals surface area contributed by atoms with Crippen molar-refractivity contribution in [2.45, 2.75) is 11.8 Å². The van der Waals surface area contributed by atoms with Crippen molar-refractivity contribution < 1.29 is 8.42 Å². The number of hydrogen-bond donors (Lipinski definition) is 1. The van der Waals surface area contributed by atoms with E-state index in [0.717, 1.165) is 10.9 Å². The predicted octanol–water partition coefficient (Wildman–Crippen LogP) is 3.34. The zero-order valence-corrected chi connectivity index (χ0v) is 12.3. The third kappa shape index (κ3) is 2.60. The molecular formula is C16H14N2O2S. The SMILES string of the molecule is Cc1ccc2cccnc2c1NS(=O)(=O)c1ccccc1. The van der Waals surface area contributed by atoms with Crippen molar-refractivity contribution in [3.63, 3.8) is 0 Å². The average Bonchev–Trinajstić information content (AvgIpc) is 2.51. The maximum atomic E-state index is 12.5. The van der Waals surface area contributed by atoms with Crippen LogP contribution in [-0.2, 0) is 10.0 Å². The first-order chi connectivity index (χ1) is 10.1. The third-order valence-electron chi connectivity index (χ3n) is 3.27. The zero-order valence-electron chi connectivity index (χ0n) is 11.4. The summed E-state index contributed by atoms with van der Waals surface area (Å²) >= 11 is 0. The Morgan fingerprint density at radius 2 is 1.71 bits per heavy atom. The Kier molecular flexibility index (Phi) is 3.35. The van der Waals surface area contributed by atoms with Gasteiger partial charge in [0, 0.05) is 11.6 Å². The van der Waals surface area contributed by atoms with Gasteiger partial charge in [-0.25, -0.2) is 8.42 Å². The quantitative estimate of drug-likeness (QED) is 0.806. The average molecular weight is 298 g/mol. The minimum absolute atomic E-state index is 0.234. The lowest BCUT2D eigenvalue weighted by molar-refractivity contribution is 0.601. The van der Waals surface area contributed by atoms with Crippen LogP contribution in [0.4, 0.5) is 5.69 Å². The molecule has 0 unspecified atom stereocenters. The van der Waals surface area contributed by atoms with E-state index in [9.17, 15) is 8.42 Å². The van der Waals surface area contributed by atoms with Gasteiger partial charge < -0.3 is 0 Å². The second kappa shape index (κ2) is 5.18. The molecule has 0 saturated carbocycles. The first-order valence-electron chi connectivity index (χ1n) is 6.50. The van der Waals surface area contributed by atoms with Crippen molar-refractivity contribution >= 4 is 26.6 Å². The van der Waals surface area contributed by atoms with Crippen molar-refractivity contribution in [2.75, 3.05) is 4.72 Å². The van der Waals surface area contributed by atoms with Crippen molar-refractivity contribution in [2.24, 2.45) is 0 Å². The number of benzene rings is 2. The summed E-state index contributed by atoms with van der Waals surface area (Å²) in [5, 5.41) is 0.897. The van der Waals surface area contributed by atoms with Gasteiger partial charge in [-0.15, -0.1) is 0 Å². The summed E-state index contributed by atoms with van der Waals surface area (Å²) in [7, 11) is -3.62. The van der Waals surface area contributed by atoms with Crippen molar-refractivity contribution in [1.29, 1.82) is 0 Å².